The van der Waals surface area contributed by atoms with Crippen molar-refractivity contribution < 1.29 is 9.53 Å². The maximum Gasteiger partial charge on any atom is 0.274 e. The summed E-state index contributed by atoms with van der Waals surface area (Å²) < 4.78 is 9.81. The van der Waals surface area contributed by atoms with E-state index in [-0.39, 0.29) is 11.9 Å². The molecule has 1 N–H and O–H groups in total. The third-order valence-electron chi connectivity index (χ3n) is 5.84. The summed E-state index contributed by atoms with van der Waals surface area (Å²) in [4.78, 5) is 26.2. The van der Waals surface area contributed by atoms with Crippen LogP contribution >= 0.6 is 0 Å². The van der Waals surface area contributed by atoms with Gasteiger partial charge in [0.25, 0.3) is 5.91 Å². The molecule has 1 atom stereocenters. The lowest BCUT2D eigenvalue weighted by molar-refractivity contribution is 0.102. The van der Waals surface area contributed by atoms with Crippen LogP contribution in [0.2, 0.25) is 0 Å². The van der Waals surface area contributed by atoms with Crippen LogP contribution in [0.15, 0.2) is 55.4 Å². The number of fused-ring (bicyclic) bond motifs is 3. The van der Waals surface area contributed by atoms with Gasteiger partial charge in [0, 0.05) is 18.3 Å². The number of para-hydroxylation sites is 1. The third-order valence-corrected chi connectivity index (χ3v) is 5.84. The monoisotopic (exact) mass is 427 g/mol. The first kappa shape index (κ1) is 18.7. The molecule has 1 aromatic carbocycles. The van der Waals surface area contributed by atoms with Crippen molar-refractivity contribution >= 4 is 11.6 Å². The van der Waals surface area contributed by atoms with Crippen LogP contribution < -0.4 is 10.1 Å². The van der Waals surface area contributed by atoms with Crippen molar-refractivity contribution in [1.29, 1.82) is 0 Å². The van der Waals surface area contributed by atoms with E-state index in [0.717, 1.165) is 16.9 Å². The highest BCUT2D eigenvalue weighted by molar-refractivity contribution is 6.04. The van der Waals surface area contributed by atoms with Crippen LogP contribution in [0.5, 0.6) is 5.75 Å². The Bertz CT molecular complexity index is 1320. The number of hydrogen-bond acceptors (Lipinski definition) is 6. The van der Waals surface area contributed by atoms with Gasteiger partial charge in [0.15, 0.2) is 11.6 Å². The summed E-state index contributed by atoms with van der Waals surface area (Å²) in [5, 5.41) is 7.27. The summed E-state index contributed by atoms with van der Waals surface area (Å²) in [6.07, 6.45) is 9.36. The molecule has 160 valence electrons. The predicted octanol–water partition coefficient (Wildman–Crippen LogP) is 3.61. The van der Waals surface area contributed by atoms with E-state index < -0.39 is 0 Å². The molecule has 1 fully saturated rings. The largest absolute Gasteiger partial charge is 0.488 e. The summed E-state index contributed by atoms with van der Waals surface area (Å²) in [7, 11) is 0. The number of ether oxygens (including phenoxy) is 1. The Kier molecular flexibility index (Phi) is 4.27. The Morgan fingerprint density at radius 1 is 1.19 bits per heavy atom. The highest BCUT2D eigenvalue weighted by Gasteiger charge is 2.26. The highest BCUT2D eigenvalue weighted by atomic mass is 16.5. The number of rotatable bonds is 4. The number of carbonyl (C=O) groups is 1. The molecule has 1 aliphatic heterocycles. The fourth-order valence-corrected chi connectivity index (χ4v) is 3.97. The molecule has 0 unspecified atom stereocenters. The molecule has 4 heterocycles. The lowest BCUT2D eigenvalue weighted by Crippen LogP contribution is -2.16. The Balaban J connectivity index is 1.29. The zero-order valence-corrected chi connectivity index (χ0v) is 17.5. The fraction of sp³-hybridized carbons (Fsp3) is 0.261. The van der Waals surface area contributed by atoms with Crippen LogP contribution in [0.1, 0.15) is 47.9 Å². The second kappa shape index (κ2) is 7.30. The summed E-state index contributed by atoms with van der Waals surface area (Å²) in [5.41, 5.74) is 3.61. The quantitative estimate of drug-likeness (QED) is 0.534. The Hall–Kier alpha value is -4.01. The van der Waals surface area contributed by atoms with Gasteiger partial charge in [-0.1, -0.05) is 6.07 Å². The van der Waals surface area contributed by atoms with E-state index in [0.29, 0.717) is 35.5 Å². The molecule has 32 heavy (non-hydrogen) atoms. The second-order valence-electron chi connectivity index (χ2n) is 8.20. The molecule has 0 radical (unpaired) electrons. The molecular weight excluding hydrogens is 406 g/mol. The molecule has 9 nitrogen and oxygen atoms in total. The smallest absolute Gasteiger partial charge is 0.274 e. The van der Waals surface area contributed by atoms with Gasteiger partial charge in [-0.3, -0.25) is 9.78 Å². The normalized spacial score (nSPS) is 17.1. The zero-order chi connectivity index (χ0) is 21.7. The average molecular weight is 427 g/mol. The number of aromatic nitrogens is 6. The minimum absolute atomic E-state index is 0.0255. The maximum atomic E-state index is 13.1. The van der Waals surface area contributed by atoms with E-state index in [4.69, 9.17) is 4.74 Å². The van der Waals surface area contributed by atoms with E-state index in [1.54, 1.807) is 18.6 Å². The zero-order valence-electron chi connectivity index (χ0n) is 17.5. The first-order chi connectivity index (χ1) is 15.7. The number of benzene rings is 1. The molecule has 1 saturated carbocycles. The number of nitrogens with one attached hydrogen (secondary N) is 1. The van der Waals surface area contributed by atoms with Crippen LogP contribution in [0.4, 0.5) is 5.69 Å². The van der Waals surface area contributed by atoms with Gasteiger partial charge in [-0.2, -0.15) is 5.10 Å². The summed E-state index contributed by atoms with van der Waals surface area (Å²) in [6, 6.07) is 9.24. The number of hydrogen-bond donors (Lipinski definition) is 1. The maximum absolute atomic E-state index is 13.1. The number of anilines is 1. The molecule has 2 aliphatic rings. The SMILES string of the molecule is C[C@@H]1COc2c(NC(=O)c3cc(-n4cnc(C5CC5)c4)ccn3)cccc2-c2ncnn21. The summed E-state index contributed by atoms with van der Waals surface area (Å²) >= 11 is 0. The van der Waals surface area contributed by atoms with Crippen molar-refractivity contribution in [1.82, 2.24) is 29.3 Å². The molecule has 0 bridgehead atoms. The van der Waals surface area contributed by atoms with Gasteiger partial charge in [0.05, 0.1) is 35.0 Å². The van der Waals surface area contributed by atoms with Gasteiger partial charge in [-0.15, -0.1) is 0 Å². The van der Waals surface area contributed by atoms with Crippen molar-refractivity contribution in [2.45, 2.75) is 31.7 Å². The summed E-state index contributed by atoms with van der Waals surface area (Å²) in [6.45, 7) is 2.44. The van der Waals surface area contributed by atoms with Gasteiger partial charge in [0.1, 0.15) is 18.6 Å². The number of pyridine rings is 1. The van der Waals surface area contributed by atoms with Crippen LogP contribution in [0, 0.1) is 0 Å². The van der Waals surface area contributed by atoms with Crippen LogP contribution in [-0.2, 0) is 0 Å². The third kappa shape index (κ3) is 3.22. The minimum atomic E-state index is -0.315. The molecule has 0 saturated heterocycles. The summed E-state index contributed by atoms with van der Waals surface area (Å²) in [5.74, 6) is 1.56. The number of nitrogens with zero attached hydrogens (tertiary/aromatic N) is 6. The first-order valence-corrected chi connectivity index (χ1v) is 10.6. The van der Waals surface area contributed by atoms with Crippen LogP contribution in [-0.4, -0.2) is 41.8 Å². The van der Waals surface area contributed by atoms with E-state index in [2.05, 4.69) is 25.4 Å². The van der Waals surface area contributed by atoms with Crippen molar-refractivity contribution in [3.63, 3.8) is 0 Å². The van der Waals surface area contributed by atoms with Crippen molar-refractivity contribution in [3.8, 4) is 22.8 Å². The molecule has 9 heteroatoms. The molecule has 3 aromatic heterocycles. The topological polar surface area (TPSA) is 99.8 Å². The Labute approximate surface area is 184 Å². The lowest BCUT2D eigenvalue weighted by Gasteiger charge is -2.14. The molecular formula is C23H21N7O2. The lowest BCUT2D eigenvalue weighted by atomic mass is 10.1. The van der Waals surface area contributed by atoms with Crippen molar-refractivity contribution in [3.05, 3.63) is 66.8 Å². The average Bonchev–Trinajstić information content (AvgIpc) is 3.37. The first-order valence-electron chi connectivity index (χ1n) is 10.6. The molecule has 1 amide bonds. The standard InChI is InChI=1S/C23H21N7O2/c1-14-11-32-21-17(22-25-12-27-30(14)22)3-2-4-18(21)28-23(31)19-9-16(7-8-24-19)29-10-20(26-13-29)15-5-6-15/h2-4,7-10,12-15H,5-6,11H2,1H3,(H,28,31)/t14-/m1/s1. The second-order valence-corrected chi connectivity index (χ2v) is 8.20. The van der Waals surface area contributed by atoms with Gasteiger partial charge in [0.2, 0.25) is 0 Å². The van der Waals surface area contributed by atoms with E-state index >= 15 is 0 Å². The minimum Gasteiger partial charge on any atom is -0.488 e. The van der Waals surface area contributed by atoms with E-state index in [9.17, 15) is 4.79 Å². The van der Waals surface area contributed by atoms with Gasteiger partial charge < -0.3 is 14.6 Å². The van der Waals surface area contributed by atoms with Crippen molar-refractivity contribution in [2.24, 2.45) is 0 Å². The van der Waals surface area contributed by atoms with Crippen LogP contribution in [0.3, 0.4) is 0 Å². The predicted molar refractivity (Wildman–Crippen MR) is 117 cm³/mol. The van der Waals surface area contributed by atoms with Crippen LogP contribution in [0.25, 0.3) is 17.1 Å². The number of imidazole rings is 1. The fourth-order valence-electron chi connectivity index (χ4n) is 3.97. The Morgan fingerprint density at radius 2 is 2.09 bits per heavy atom. The molecule has 0 spiro atoms. The molecule has 1 aliphatic carbocycles. The van der Waals surface area contributed by atoms with E-state index in [1.165, 1.54) is 19.2 Å². The van der Waals surface area contributed by atoms with Gasteiger partial charge in [-0.25, -0.2) is 14.6 Å². The number of amides is 1. The van der Waals surface area contributed by atoms with Gasteiger partial charge in [-0.05, 0) is 44.0 Å². The Morgan fingerprint density at radius 3 is 2.97 bits per heavy atom. The molecule has 4 aromatic rings. The van der Waals surface area contributed by atoms with Gasteiger partial charge >= 0.3 is 0 Å². The molecule has 6 rings (SSSR count). The highest BCUT2D eigenvalue weighted by Crippen LogP contribution is 2.40. The van der Waals surface area contributed by atoms with Crippen molar-refractivity contribution in [2.75, 3.05) is 11.9 Å². The van der Waals surface area contributed by atoms with E-state index in [1.807, 2.05) is 46.6 Å². The number of carbonyl (C=O) groups excluding carboxylic acids is 1.